The van der Waals surface area contributed by atoms with Gasteiger partial charge in [-0.2, -0.15) is 5.10 Å². The van der Waals surface area contributed by atoms with Crippen LogP contribution in [0.5, 0.6) is 0 Å². The predicted octanol–water partition coefficient (Wildman–Crippen LogP) is 3.92. The number of nitrogens with zero attached hydrogens (tertiary/aromatic N) is 3. The highest BCUT2D eigenvalue weighted by molar-refractivity contribution is 5.29. The van der Waals surface area contributed by atoms with Crippen LogP contribution in [-0.2, 0) is 11.8 Å². The molecule has 0 aromatic carbocycles. The van der Waals surface area contributed by atoms with Crippen LogP contribution < -0.4 is 0 Å². The average Bonchev–Trinajstić information content (AvgIpc) is 2.94. The van der Waals surface area contributed by atoms with Crippen molar-refractivity contribution in [2.24, 2.45) is 0 Å². The van der Waals surface area contributed by atoms with Gasteiger partial charge in [0.25, 0.3) is 0 Å². The van der Waals surface area contributed by atoms with E-state index in [-0.39, 0.29) is 11.5 Å². The smallest absolute Gasteiger partial charge is 0.156 e. The van der Waals surface area contributed by atoms with Crippen molar-refractivity contribution in [3.63, 3.8) is 0 Å². The standard InChI is InChI=1S/C17H23N3/c1-6-8-9-10-13(7-2)14-11-12-15-18-16(17(3,4)5)19-20(14)15/h6-10,14H,1-2,11-12H2,3-5H3/b9-8-,13-10+. The fourth-order valence-corrected chi connectivity index (χ4v) is 2.35. The van der Waals surface area contributed by atoms with Gasteiger partial charge in [-0.15, -0.1) is 0 Å². The number of hydrogen-bond acceptors (Lipinski definition) is 2. The molecular formula is C17H23N3. The summed E-state index contributed by atoms with van der Waals surface area (Å²) in [5, 5.41) is 4.71. The lowest BCUT2D eigenvalue weighted by atomic mass is 9.96. The second-order valence-electron chi connectivity index (χ2n) is 6.09. The van der Waals surface area contributed by atoms with Gasteiger partial charge in [-0.05, 0) is 12.0 Å². The molecule has 0 aliphatic carbocycles. The fourth-order valence-electron chi connectivity index (χ4n) is 2.35. The van der Waals surface area contributed by atoms with Crippen LogP contribution >= 0.6 is 0 Å². The third-order valence-corrected chi connectivity index (χ3v) is 3.47. The zero-order valence-electron chi connectivity index (χ0n) is 12.6. The van der Waals surface area contributed by atoms with E-state index in [1.54, 1.807) is 6.08 Å². The third-order valence-electron chi connectivity index (χ3n) is 3.47. The first-order valence-electron chi connectivity index (χ1n) is 7.05. The summed E-state index contributed by atoms with van der Waals surface area (Å²) in [6.45, 7) is 14.0. The normalized spacial score (nSPS) is 19.4. The minimum atomic E-state index is -0.0112. The number of fused-ring (bicyclic) bond motifs is 1. The Morgan fingerprint density at radius 1 is 1.30 bits per heavy atom. The minimum Gasteiger partial charge on any atom is -0.242 e. The molecule has 0 N–H and O–H groups in total. The van der Waals surface area contributed by atoms with Gasteiger partial charge in [-0.3, -0.25) is 0 Å². The molecule has 1 aromatic heterocycles. The van der Waals surface area contributed by atoms with Gasteiger partial charge in [0.15, 0.2) is 5.82 Å². The predicted molar refractivity (Wildman–Crippen MR) is 83.7 cm³/mol. The maximum absolute atomic E-state index is 4.71. The molecule has 0 saturated heterocycles. The first-order chi connectivity index (χ1) is 9.47. The van der Waals surface area contributed by atoms with Crippen LogP contribution in [0.25, 0.3) is 0 Å². The summed E-state index contributed by atoms with van der Waals surface area (Å²) < 4.78 is 2.07. The molecule has 2 heterocycles. The molecule has 0 saturated carbocycles. The maximum atomic E-state index is 4.71. The lowest BCUT2D eigenvalue weighted by Crippen LogP contribution is -2.16. The Hall–Kier alpha value is -1.90. The van der Waals surface area contributed by atoms with Gasteiger partial charge in [0.1, 0.15) is 5.82 Å². The molecule has 0 radical (unpaired) electrons. The molecule has 20 heavy (non-hydrogen) atoms. The van der Waals surface area contributed by atoms with Gasteiger partial charge >= 0.3 is 0 Å². The molecule has 0 bridgehead atoms. The van der Waals surface area contributed by atoms with Gasteiger partial charge < -0.3 is 0 Å². The van der Waals surface area contributed by atoms with Gasteiger partial charge in [0, 0.05) is 11.8 Å². The maximum Gasteiger partial charge on any atom is 0.156 e. The zero-order chi connectivity index (χ0) is 14.8. The molecule has 0 fully saturated rings. The van der Waals surface area contributed by atoms with E-state index in [2.05, 4.69) is 49.7 Å². The Kier molecular flexibility index (Phi) is 4.07. The Morgan fingerprint density at radius 3 is 2.65 bits per heavy atom. The molecule has 1 aromatic rings. The summed E-state index contributed by atoms with van der Waals surface area (Å²) in [4.78, 5) is 4.68. The van der Waals surface area contributed by atoms with Crippen LogP contribution in [0.1, 0.15) is 44.9 Å². The minimum absolute atomic E-state index is 0.0112. The van der Waals surface area contributed by atoms with E-state index in [0.717, 1.165) is 24.5 Å². The summed E-state index contributed by atoms with van der Waals surface area (Å²) in [7, 11) is 0. The van der Waals surface area contributed by atoms with Crippen molar-refractivity contribution in [3.8, 4) is 0 Å². The highest BCUT2D eigenvalue weighted by Crippen LogP contribution is 2.32. The van der Waals surface area contributed by atoms with Crippen molar-refractivity contribution in [2.45, 2.75) is 45.1 Å². The lowest BCUT2D eigenvalue weighted by molar-refractivity contribution is 0.500. The molecule has 0 spiro atoms. The van der Waals surface area contributed by atoms with Gasteiger partial charge in [0.2, 0.25) is 0 Å². The number of aromatic nitrogens is 3. The van der Waals surface area contributed by atoms with Crippen LogP contribution in [-0.4, -0.2) is 14.8 Å². The number of aryl methyl sites for hydroxylation is 1. The van der Waals surface area contributed by atoms with E-state index in [4.69, 9.17) is 5.10 Å². The van der Waals surface area contributed by atoms with E-state index >= 15 is 0 Å². The zero-order valence-corrected chi connectivity index (χ0v) is 12.6. The van der Waals surface area contributed by atoms with E-state index in [1.807, 2.05) is 18.2 Å². The highest BCUT2D eigenvalue weighted by atomic mass is 15.4. The van der Waals surface area contributed by atoms with Crippen LogP contribution in [0.15, 0.2) is 49.1 Å². The van der Waals surface area contributed by atoms with E-state index in [1.165, 1.54) is 5.57 Å². The first-order valence-corrected chi connectivity index (χ1v) is 7.05. The summed E-state index contributed by atoms with van der Waals surface area (Å²) >= 11 is 0. The highest BCUT2D eigenvalue weighted by Gasteiger charge is 2.30. The van der Waals surface area contributed by atoms with Crippen molar-refractivity contribution in [1.29, 1.82) is 0 Å². The summed E-state index contributed by atoms with van der Waals surface area (Å²) in [5.74, 6) is 2.00. The van der Waals surface area contributed by atoms with Gasteiger partial charge in [-0.1, -0.05) is 64.3 Å². The number of rotatable bonds is 4. The Labute approximate surface area is 121 Å². The van der Waals surface area contributed by atoms with Crippen molar-refractivity contribution in [2.75, 3.05) is 0 Å². The quantitative estimate of drug-likeness (QED) is 0.776. The first kappa shape index (κ1) is 14.5. The Balaban J connectivity index is 2.32. The summed E-state index contributed by atoms with van der Waals surface area (Å²) in [6, 6.07) is 0.251. The third kappa shape index (κ3) is 2.82. The average molecular weight is 269 g/mol. The SMILES string of the molecule is C=C/C=C\C=C(/C=C)C1CCc2nc(C(C)(C)C)nn21. The number of hydrogen-bond donors (Lipinski definition) is 0. The monoisotopic (exact) mass is 269 g/mol. The van der Waals surface area contributed by atoms with Crippen LogP contribution in [0.3, 0.4) is 0 Å². The molecule has 3 nitrogen and oxygen atoms in total. The largest absolute Gasteiger partial charge is 0.242 e. The number of allylic oxidation sites excluding steroid dienone is 6. The van der Waals surface area contributed by atoms with E-state index in [9.17, 15) is 0 Å². The molecule has 3 heteroatoms. The molecule has 1 aliphatic rings. The second-order valence-corrected chi connectivity index (χ2v) is 6.09. The van der Waals surface area contributed by atoms with Crippen molar-refractivity contribution < 1.29 is 0 Å². The lowest BCUT2D eigenvalue weighted by Gasteiger charge is -2.15. The molecule has 1 unspecified atom stereocenters. The Bertz CT molecular complexity index is 568. The molecule has 2 rings (SSSR count). The van der Waals surface area contributed by atoms with E-state index in [0.29, 0.717) is 0 Å². The van der Waals surface area contributed by atoms with Crippen molar-refractivity contribution >= 4 is 0 Å². The summed E-state index contributed by atoms with van der Waals surface area (Å²) in [6.07, 6.45) is 11.7. The molecule has 1 atom stereocenters. The Morgan fingerprint density at radius 2 is 2.05 bits per heavy atom. The van der Waals surface area contributed by atoms with Gasteiger partial charge in [-0.25, -0.2) is 9.67 Å². The van der Waals surface area contributed by atoms with Crippen LogP contribution in [0.4, 0.5) is 0 Å². The molecular weight excluding hydrogens is 246 g/mol. The van der Waals surface area contributed by atoms with Crippen molar-refractivity contribution in [3.05, 3.63) is 60.8 Å². The fraction of sp³-hybridized carbons (Fsp3) is 0.412. The van der Waals surface area contributed by atoms with Crippen LogP contribution in [0, 0.1) is 0 Å². The molecule has 1 aliphatic heterocycles. The van der Waals surface area contributed by atoms with E-state index < -0.39 is 0 Å². The van der Waals surface area contributed by atoms with Crippen LogP contribution in [0.2, 0.25) is 0 Å². The topological polar surface area (TPSA) is 30.7 Å². The second kappa shape index (κ2) is 5.61. The van der Waals surface area contributed by atoms with Crippen molar-refractivity contribution in [1.82, 2.24) is 14.8 Å². The van der Waals surface area contributed by atoms with Gasteiger partial charge in [0.05, 0.1) is 6.04 Å². The summed E-state index contributed by atoms with van der Waals surface area (Å²) in [5.41, 5.74) is 1.16. The molecule has 106 valence electrons. The molecule has 0 amide bonds.